The van der Waals surface area contributed by atoms with Crippen molar-refractivity contribution in [3.63, 3.8) is 0 Å². The predicted octanol–water partition coefficient (Wildman–Crippen LogP) is 5.00. The monoisotopic (exact) mass is 624 g/mol. The van der Waals surface area contributed by atoms with Crippen LogP contribution < -0.4 is 25.1 Å². The summed E-state index contributed by atoms with van der Waals surface area (Å²) in [7, 11) is 0.907. The number of carbonyl (C=O) groups excluding carboxylic acids is 1. The molecule has 0 bridgehead atoms. The van der Waals surface area contributed by atoms with Gasteiger partial charge in [0.2, 0.25) is 0 Å². The molecule has 9 heteroatoms. The van der Waals surface area contributed by atoms with Crippen molar-refractivity contribution in [1.82, 2.24) is 4.57 Å². The van der Waals surface area contributed by atoms with Crippen molar-refractivity contribution in [2.45, 2.75) is 50.2 Å². The van der Waals surface area contributed by atoms with E-state index in [0.717, 1.165) is 22.6 Å². The van der Waals surface area contributed by atoms with E-state index in [-0.39, 0.29) is 41.4 Å². The molecule has 1 aromatic heterocycles. The number of amides is 1. The van der Waals surface area contributed by atoms with Crippen LogP contribution in [-0.2, 0) is 21.7 Å². The highest BCUT2D eigenvalue weighted by molar-refractivity contribution is 6.91. The maximum Gasteiger partial charge on any atom is 0.297 e. The molecule has 0 radical (unpaired) electrons. The normalized spacial score (nSPS) is 22.6. The van der Waals surface area contributed by atoms with Crippen molar-refractivity contribution in [3.8, 4) is 17.2 Å². The van der Waals surface area contributed by atoms with Crippen LogP contribution in [0.25, 0.3) is 5.69 Å². The van der Waals surface area contributed by atoms with Crippen LogP contribution in [0.3, 0.4) is 0 Å². The highest BCUT2D eigenvalue weighted by atomic mass is 28.3. The fourth-order valence-electron chi connectivity index (χ4n) is 7.60. The molecule has 0 saturated carbocycles. The van der Waals surface area contributed by atoms with Gasteiger partial charge in [-0.15, -0.1) is 0 Å². The van der Waals surface area contributed by atoms with Crippen LogP contribution in [0.4, 0.5) is 5.69 Å². The summed E-state index contributed by atoms with van der Waals surface area (Å²) in [5, 5.41) is 11.4. The van der Waals surface area contributed by atoms with Gasteiger partial charge in [-0.05, 0) is 60.0 Å². The van der Waals surface area contributed by atoms with Crippen molar-refractivity contribution in [3.05, 3.63) is 113 Å². The first kappa shape index (κ1) is 30.8. The van der Waals surface area contributed by atoms with E-state index in [2.05, 4.69) is 32.2 Å². The molecule has 1 spiro atoms. The summed E-state index contributed by atoms with van der Waals surface area (Å²) in [4.78, 5) is 29.3. The molecule has 0 aliphatic carbocycles. The molecule has 4 atom stereocenters. The second-order valence-corrected chi connectivity index (χ2v) is 17.2. The molecule has 0 unspecified atom stereocenters. The Kier molecular flexibility index (Phi) is 8.19. The number of rotatable bonds is 9. The number of nitrogens with zero attached hydrogens (tertiary/aromatic N) is 2. The van der Waals surface area contributed by atoms with Crippen LogP contribution in [0.15, 0.2) is 95.9 Å². The SMILES string of the molecule is COc1ccc([Si](C)(C)[C@H]2[C@H](CCO)O[C@@]3(C(=O)N(Cc4ccc(-n5cccc(OC)c5=O)cc4)c4ccccc43)[C@@H]2C)cc1. The maximum absolute atomic E-state index is 14.7. The average molecular weight is 625 g/mol. The molecule has 234 valence electrons. The number of aliphatic hydroxyl groups excluding tert-OH is 1. The third-order valence-corrected chi connectivity index (χ3v) is 14.2. The molecule has 1 saturated heterocycles. The zero-order valence-electron chi connectivity index (χ0n) is 26.4. The van der Waals surface area contributed by atoms with Crippen molar-refractivity contribution in [2.24, 2.45) is 5.92 Å². The van der Waals surface area contributed by atoms with Gasteiger partial charge in [0.1, 0.15) is 5.75 Å². The van der Waals surface area contributed by atoms with Crippen LogP contribution in [0.2, 0.25) is 18.6 Å². The number of para-hydroxylation sites is 1. The Bertz CT molecular complexity index is 1750. The Labute approximate surface area is 264 Å². The zero-order chi connectivity index (χ0) is 31.9. The van der Waals surface area contributed by atoms with Crippen LogP contribution in [-0.4, -0.2) is 50.6 Å². The third-order valence-electron chi connectivity index (χ3n) is 9.84. The van der Waals surface area contributed by atoms with Gasteiger partial charge in [0.25, 0.3) is 11.5 Å². The Balaban J connectivity index is 1.34. The molecule has 2 aliphatic rings. The summed E-state index contributed by atoms with van der Waals surface area (Å²) in [6.07, 6.45) is 1.90. The Hall–Kier alpha value is -4.18. The van der Waals surface area contributed by atoms with Gasteiger partial charge >= 0.3 is 0 Å². The Morgan fingerprint density at radius 1 is 0.911 bits per heavy atom. The van der Waals surface area contributed by atoms with Crippen molar-refractivity contribution >= 4 is 24.9 Å². The molecule has 2 aliphatic heterocycles. The Morgan fingerprint density at radius 2 is 1.62 bits per heavy atom. The summed E-state index contributed by atoms with van der Waals surface area (Å²) in [6.45, 7) is 7.16. The quantitative estimate of drug-likeness (QED) is 0.264. The molecule has 4 aromatic rings. The number of hydrogen-bond donors (Lipinski definition) is 1. The van der Waals surface area contributed by atoms with Crippen LogP contribution in [0, 0.1) is 5.92 Å². The minimum atomic E-state index is -2.24. The van der Waals surface area contributed by atoms with Gasteiger partial charge in [0, 0.05) is 30.0 Å². The summed E-state index contributed by atoms with van der Waals surface area (Å²) in [5.74, 6) is 0.877. The fourth-order valence-corrected chi connectivity index (χ4v) is 11.7. The summed E-state index contributed by atoms with van der Waals surface area (Å²) >= 11 is 0. The second kappa shape index (κ2) is 12.0. The number of aromatic nitrogens is 1. The summed E-state index contributed by atoms with van der Waals surface area (Å²) in [6, 6.07) is 27.2. The fraction of sp³-hybridized carbons (Fsp3) is 0.333. The number of aliphatic hydroxyl groups is 1. The number of anilines is 1. The minimum absolute atomic E-state index is 0.0145. The van der Waals surface area contributed by atoms with Crippen molar-refractivity contribution in [1.29, 1.82) is 0 Å². The number of fused-ring (bicyclic) bond motifs is 2. The van der Waals surface area contributed by atoms with E-state index in [1.54, 1.807) is 25.4 Å². The van der Waals surface area contributed by atoms with Gasteiger partial charge in [-0.3, -0.25) is 14.2 Å². The molecule has 3 heterocycles. The van der Waals surface area contributed by atoms with Gasteiger partial charge in [-0.1, -0.05) is 67.7 Å². The van der Waals surface area contributed by atoms with Gasteiger partial charge < -0.3 is 24.2 Å². The smallest absolute Gasteiger partial charge is 0.297 e. The highest BCUT2D eigenvalue weighted by Gasteiger charge is 2.66. The highest BCUT2D eigenvalue weighted by Crippen LogP contribution is 2.60. The number of benzene rings is 3. The number of methoxy groups -OCH3 is 2. The third kappa shape index (κ3) is 4.99. The number of hydrogen-bond acceptors (Lipinski definition) is 6. The first-order valence-corrected chi connectivity index (χ1v) is 18.4. The van der Waals surface area contributed by atoms with Gasteiger partial charge in [-0.25, -0.2) is 0 Å². The van der Waals surface area contributed by atoms with E-state index in [4.69, 9.17) is 14.2 Å². The molecule has 6 rings (SSSR count). The molecular weight excluding hydrogens is 584 g/mol. The molecule has 3 aromatic carbocycles. The summed E-state index contributed by atoms with van der Waals surface area (Å²) in [5.41, 5.74) is 2.06. The van der Waals surface area contributed by atoms with E-state index in [0.29, 0.717) is 18.7 Å². The lowest BCUT2D eigenvalue weighted by Crippen LogP contribution is -2.51. The molecule has 1 fully saturated rings. The molecule has 45 heavy (non-hydrogen) atoms. The molecular formula is C36H40N2O6Si. The largest absolute Gasteiger partial charge is 0.497 e. The molecule has 1 amide bonds. The van der Waals surface area contributed by atoms with Gasteiger partial charge in [0.15, 0.2) is 11.4 Å². The van der Waals surface area contributed by atoms with Crippen LogP contribution in [0.5, 0.6) is 11.5 Å². The number of pyridine rings is 1. The lowest BCUT2D eigenvalue weighted by Gasteiger charge is -2.37. The standard InChI is InChI=1S/C36H40N2O6Si/c1-24-33(45(4,5)28-18-16-27(42-2)17-19-28)31(20-22-39)44-36(24)29-9-6-7-10-30(29)38(35(36)41)23-25-12-14-26(15-13-25)37-21-8-11-32(43-3)34(37)40/h6-19,21,24,31,33,39H,20,22-23H2,1-5H3/t24-,31+,33-,36+/m1/s1. The predicted molar refractivity (Wildman–Crippen MR) is 178 cm³/mol. The van der Waals surface area contributed by atoms with E-state index < -0.39 is 13.7 Å². The van der Waals surface area contributed by atoms with E-state index in [1.807, 2.05) is 65.6 Å². The second-order valence-electron chi connectivity index (χ2n) is 12.5. The zero-order valence-corrected chi connectivity index (χ0v) is 27.4. The lowest BCUT2D eigenvalue weighted by molar-refractivity contribution is -0.146. The number of carbonyl (C=O) groups is 1. The first-order valence-electron chi connectivity index (χ1n) is 15.4. The minimum Gasteiger partial charge on any atom is -0.497 e. The maximum atomic E-state index is 14.7. The van der Waals surface area contributed by atoms with E-state index >= 15 is 0 Å². The topological polar surface area (TPSA) is 90.2 Å². The Morgan fingerprint density at radius 3 is 2.29 bits per heavy atom. The van der Waals surface area contributed by atoms with Crippen LogP contribution in [0.1, 0.15) is 24.5 Å². The lowest BCUT2D eigenvalue weighted by atomic mass is 9.82. The van der Waals surface area contributed by atoms with Gasteiger partial charge in [0.05, 0.1) is 40.6 Å². The number of ether oxygens (including phenoxy) is 3. The van der Waals surface area contributed by atoms with E-state index in [1.165, 1.54) is 16.9 Å². The van der Waals surface area contributed by atoms with E-state index in [9.17, 15) is 14.7 Å². The van der Waals surface area contributed by atoms with Crippen molar-refractivity contribution < 1.29 is 24.1 Å². The molecule has 1 N–H and O–H groups in total. The summed E-state index contributed by atoms with van der Waals surface area (Å²) < 4.78 is 19.1. The van der Waals surface area contributed by atoms with Crippen molar-refractivity contribution in [2.75, 3.05) is 25.7 Å². The first-order chi connectivity index (χ1) is 21.7. The van der Waals surface area contributed by atoms with Crippen LogP contribution >= 0.6 is 0 Å². The average Bonchev–Trinajstić information content (AvgIpc) is 3.48. The molecule has 8 nitrogen and oxygen atoms in total. The van der Waals surface area contributed by atoms with Gasteiger partial charge in [-0.2, -0.15) is 0 Å².